The van der Waals surface area contributed by atoms with E-state index in [1.165, 1.54) is 24.3 Å². The smallest absolute Gasteiger partial charge is 0.125 e. The fraction of sp³-hybridized carbons (Fsp3) is 0.200. The Kier molecular flexibility index (Phi) is 4.12. The molecule has 2 aromatic rings. The highest BCUT2D eigenvalue weighted by Gasteiger charge is 2.11. The lowest BCUT2D eigenvalue weighted by Crippen LogP contribution is -2.15. The van der Waals surface area contributed by atoms with E-state index in [2.05, 4.69) is 5.32 Å². The third-order valence-electron chi connectivity index (χ3n) is 2.84. The topological polar surface area (TPSA) is 32.3 Å². The zero-order chi connectivity index (χ0) is 13.8. The quantitative estimate of drug-likeness (QED) is 0.886. The minimum absolute atomic E-state index is 0.165. The molecule has 2 nitrogen and oxygen atoms in total. The fourth-order valence-corrected chi connectivity index (χ4v) is 1.95. The highest BCUT2D eigenvalue weighted by molar-refractivity contribution is 5.48. The Labute approximate surface area is 110 Å². The van der Waals surface area contributed by atoms with Crippen molar-refractivity contribution in [3.63, 3.8) is 0 Å². The summed E-state index contributed by atoms with van der Waals surface area (Å²) in [6.07, 6.45) is 0. The number of aliphatic hydroxyl groups excluding tert-OH is 1. The van der Waals surface area contributed by atoms with Crippen LogP contribution in [-0.2, 0) is 0 Å². The van der Waals surface area contributed by atoms with Crippen LogP contribution >= 0.6 is 0 Å². The lowest BCUT2D eigenvalue weighted by molar-refractivity contribution is 0.276. The Morgan fingerprint density at radius 3 is 2.32 bits per heavy atom. The summed E-state index contributed by atoms with van der Waals surface area (Å²) in [5.41, 5.74) is 2.12. The summed E-state index contributed by atoms with van der Waals surface area (Å²) in [7, 11) is 0. The molecular weight excluding hydrogens is 248 g/mol. The molecule has 19 heavy (non-hydrogen) atoms. The van der Waals surface area contributed by atoms with E-state index in [9.17, 15) is 13.9 Å². The minimum Gasteiger partial charge on any atom is -0.394 e. The Morgan fingerprint density at radius 1 is 1.05 bits per heavy atom. The third kappa shape index (κ3) is 3.51. The van der Waals surface area contributed by atoms with Crippen LogP contribution in [0.2, 0.25) is 0 Å². The highest BCUT2D eigenvalue weighted by Crippen LogP contribution is 2.21. The number of benzene rings is 2. The van der Waals surface area contributed by atoms with Gasteiger partial charge in [-0.1, -0.05) is 12.1 Å². The lowest BCUT2D eigenvalue weighted by atomic mass is 10.1. The maximum atomic E-state index is 13.3. The molecule has 2 rings (SSSR count). The van der Waals surface area contributed by atoms with E-state index in [0.717, 1.165) is 11.1 Å². The molecular formula is C15H15F2NO. The normalized spacial score (nSPS) is 12.2. The van der Waals surface area contributed by atoms with Crippen LogP contribution in [0.4, 0.5) is 14.5 Å². The van der Waals surface area contributed by atoms with Gasteiger partial charge < -0.3 is 10.4 Å². The van der Waals surface area contributed by atoms with Gasteiger partial charge in [0.1, 0.15) is 11.6 Å². The van der Waals surface area contributed by atoms with E-state index < -0.39 is 6.04 Å². The van der Waals surface area contributed by atoms with Crippen molar-refractivity contribution in [2.24, 2.45) is 0 Å². The van der Waals surface area contributed by atoms with Gasteiger partial charge in [-0.3, -0.25) is 0 Å². The van der Waals surface area contributed by atoms with Gasteiger partial charge in [-0.25, -0.2) is 8.78 Å². The number of nitrogens with one attached hydrogen (secondary N) is 1. The van der Waals surface area contributed by atoms with Crippen molar-refractivity contribution in [3.8, 4) is 0 Å². The second kappa shape index (κ2) is 5.80. The van der Waals surface area contributed by atoms with Crippen molar-refractivity contribution in [1.29, 1.82) is 0 Å². The van der Waals surface area contributed by atoms with Gasteiger partial charge in [0.05, 0.1) is 12.6 Å². The maximum Gasteiger partial charge on any atom is 0.125 e. The second-order valence-corrected chi connectivity index (χ2v) is 4.45. The molecule has 0 fully saturated rings. The number of hydrogen-bond acceptors (Lipinski definition) is 2. The van der Waals surface area contributed by atoms with E-state index >= 15 is 0 Å². The number of aliphatic hydroxyl groups is 1. The van der Waals surface area contributed by atoms with Gasteiger partial charge in [-0.2, -0.15) is 0 Å². The van der Waals surface area contributed by atoms with Gasteiger partial charge in [-0.05, 0) is 48.4 Å². The first-order valence-corrected chi connectivity index (χ1v) is 5.98. The van der Waals surface area contributed by atoms with Crippen LogP contribution in [0.3, 0.4) is 0 Å². The second-order valence-electron chi connectivity index (χ2n) is 4.45. The maximum absolute atomic E-state index is 13.3. The summed E-state index contributed by atoms with van der Waals surface area (Å²) in [5.74, 6) is -0.666. The molecule has 0 amide bonds. The van der Waals surface area contributed by atoms with E-state index in [1.807, 2.05) is 0 Å². The first-order chi connectivity index (χ1) is 9.08. The summed E-state index contributed by atoms with van der Waals surface area (Å²) in [4.78, 5) is 0. The van der Waals surface area contributed by atoms with Crippen LogP contribution < -0.4 is 5.32 Å². The summed E-state index contributed by atoms with van der Waals surface area (Å²) >= 11 is 0. The van der Waals surface area contributed by atoms with Crippen molar-refractivity contribution in [3.05, 3.63) is 65.2 Å². The summed E-state index contributed by atoms with van der Waals surface area (Å²) < 4.78 is 26.1. The van der Waals surface area contributed by atoms with Crippen LogP contribution in [0.1, 0.15) is 17.2 Å². The molecule has 2 aromatic carbocycles. The number of hydrogen-bond donors (Lipinski definition) is 2. The molecule has 0 heterocycles. The molecule has 0 aliphatic rings. The molecule has 0 saturated heterocycles. The van der Waals surface area contributed by atoms with Gasteiger partial charge >= 0.3 is 0 Å². The number of halogens is 2. The standard InChI is InChI=1S/C15H15F2NO/c1-10-6-13(17)8-14(7-10)18-15(9-19)11-2-4-12(16)5-3-11/h2-8,15,18-19H,9H2,1H3. The van der Waals surface area contributed by atoms with Crippen molar-refractivity contribution < 1.29 is 13.9 Å². The number of rotatable bonds is 4. The van der Waals surface area contributed by atoms with Crippen molar-refractivity contribution in [1.82, 2.24) is 0 Å². The molecule has 1 atom stereocenters. The Hall–Kier alpha value is -1.94. The molecule has 0 aliphatic carbocycles. The number of aryl methyl sites for hydroxylation is 1. The van der Waals surface area contributed by atoms with Gasteiger partial charge in [0.15, 0.2) is 0 Å². The number of anilines is 1. The average Bonchev–Trinajstić information content (AvgIpc) is 2.36. The first kappa shape index (κ1) is 13.5. The molecule has 1 unspecified atom stereocenters. The molecule has 4 heteroatoms. The van der Waals surface area contributed by atoms with Gasteiger partial charge in [0.2, 0.25) is 0 Å². The van der Waals surface area contributed by atoms with Crippen molar-refractivity contribution in [2.75, 3.05) is 11.9 Å². The highest BCUT2D eigenvalue weighted by atomic mass is 19.1. The Bertz CT molecular complexity index is 534. The van der Waals surface area contributed by atoms with Gasteiger partial charge in [-0.15, -0.1) is 0 Å². The summed E-state index contributed by atoms with van der Waals surface area (Å²) in [6.45, 7) is 1.63. The summed E-state index contributed by atoms with van der Waals surface area (Å²) in [5, 5.41) is 12.4. The van der Waals surface area contributed by atoms with Crippen LogP contribution in [0, 0.1) is 18.6 Å². The van der Waals surface area contributed by atoms with E-state index in [4.69, 9.17) is 0 Å². The predicted octanol–water partition coefficient (Wildman–Crippen LogP) is 3.42. The zero-order valence-corrected chi connectivity index (χ0v) is 10.5. The average molecular weight is 263 g/mol. The largest absolute Gasteiger partial charge is 0.394 e. The van der Waals surface area contributed by atoms with E-state index in [-0.39, 0.29) is 18.2 Å². The Morgan fingerprint density at radius 2 is 1.74 bits per heavy atom. The molecule has 100 valence electrons. The lowest BCUT2D eigenvalue weighted by Gasteiger charge is -2.18. The third-order valence-corrected chi connectivity index (χ3v) is 2.84. The van der Waals surface area contributed by atoms with Crippen LogP contribution in [-0.4, -0.2) is 11.7 Å². The molecule has 0 bridgehead atoms. The molecule has 0 saturated carbocycles. The van der Waals surface area contributed by atoms with Crippen LogP contribution in [0.25, 0.3) is 0 Å². The van der Waals surface area contributed by atoms with E-state index in [1.54, 1.807) is 25.1 Å². The van der Waals surface area contributed by atoms with Crippen molar-refractivity contribution in [2.45, 2.75) is 13.0 Å². The molecule has 0 spiro atoms. The van der Waals surface area contributed by atoms with E-state index in [0.29, 0.717) is 5.69 Å². The van der Waals surface area contributed by atoms with Gasteiger partial charge in [0, 0.05) is 5.69 Å². The Balaban J connectivity index is 2.21. The van der Waals surface area contributed by atoms with Crippen molar-refractivity contribution >= 4 is 5.69 Å². The van der Waals surface area contributed by atoms with Crippen LogP contribution in [0.5, 0.6) is 0 Å². The van der Waals surface area contributed by atoms with Crippen LogP contribution in [0.15, 0.2) is 42.5 Å². The minimum atomic E-state index is -0.401. The predicted molar refractivity (Wildman–Crippen MR) is 71.0 cm³/mol. The SMILES string of the molecule is Cc1cc(F)cc(NC(CO)c2ccc(F)cc2)c1. The van der Waals surface area contributed by atoms with Gasteiger partial charge in [0.25, 0.3) is 0 Å². The zero-order valence-electron chi connectivity index (χ0n) is 10.5. The summed E-state index contributed by atoms with van der Waals surface area (Å²) in [6, 6.07) is 10.0. The molecule has 0 radical (unpaired) electrons. The molecule has 0 aromatic heterocycles. The first-order valence-electron chi connectivity index (χ1n) is 5.98. The monoisotopic (exact) mass is 263 g/mol. The molecule has 0 aliphatic heterocycles. The molecule has 2 N–H and O–H groups in total. The fourth-order valence-electron chi connectivity index (χ4n) is 1.95.